The lowest BCUT2D eigenvalue weighted by atomic mass is 9.99. The molecule has 0 heterocycles. The Hall–Kier alpha value is -1.56. The van der Waals surface area contributed by atoms with Crippen molar-refractivity contribution in [3.8, 4) is 0 Å². The smallest absolute Gasteiger partial charge is 0.0158 e. The first-order valence-corrected chi connectivity index (χ1v) is 5.22. The van der Waals surface area contributed by atoms with E-state index < -0.39 is 0 Å². The fraction of sp³-hybridized carbons (Fsp3) is 0.200. The van der Waals surface area contributed by atoms with E-state index in [9.17, 15) is 0 Å². The number of allylic oxidation sites excluding steroid dienone is 5. The highest BCUT2D eigenvalue weighted by Gasteiger charge is 1.99. The minimum absolute atomic E-state index is 1.21. The Morgan fingerprint density at radius 1 is 1.20 bits per heavy atom. The van der Waals surface area contributed by atoms with E-state index >= 15 is 0 Å². The van der Waals surface area contributed by atoms with Crippen LogP contribution in [0.1, 0.15) is 25.0 Å². The van der Waals surface area contributed by atoms with E-state index in [4.69, 9.17) is 0 Å². The zero-order valence-corrected chi connectivity index (χ0v) is 9.75. The summed E-state index contributed by atoms with van der Waals surface area (Å²) in [5.74, 6) is 0. The van der Waals surface area contributed by atoms with Gasteiger partial charge in [-0.25, -0.2) is 0 Å². The second-order valence-corrected chi connectivity index (χ2v) is 3.67. The van der Waals surface area contributed by atoms with Crippen molar-refractivity contribution in [2.45, 2.75) is 20.8 Å². The summed E-state index contributed by atoms with van der Waals surface area (Å²) in [4.78, 5) is 0. The third-order valence-corrected chi connectivity index (χ3v) is 2.43. The van der Waals surface area contributed by atoms with E-state index in [1.807, 2.05) is 13.0 Å². The molecule has 0 spiro atoms. The highest BCUT2D eigenvalue weighted by atomic mass is 14.0. The lowest BCUT2D eigenvalue weighted by Crippen LogP contribution is -1.85. The largest absolute Gasteiger partial charge is 0.0988 e. The first-order valence-electron chi connectivity index (χ1n) is 5.22. The molecule has 15 heavy (non-hydrogen) atoms. The third-order valence-electron chi connectivity index (χ3n) is 2.43. The molecule has 0 N–H and O–H groups in total. The molecule has 0 saturated carbocycles. The molecule has 0 unspecified atom stereocenters. The van der Waals surface area contributed by atoms with Gasteiger partial charge in [0.1, 0.15) is 0 Å². The van der Waals surface area contributed by atoms with Crippen molar-refractivity contribution in [3.63, 3.8) is 0 Å². The molecule has 1 aromatic carbocycles. The first-order chi connectivity index (χ1) is 7.19. The maximum Gasteiger partial charge on any atom is -0.0158 e. The molecule has 0 radical (unpaired) electrons. The van der Waals surface area contributed by atoms with Gasteiger partial charge >= 0.3 is 0 Å². The van der Waals surface area contributed by atoms with Crippen LogP contribution in [0.15, 0.2) is 54.6 Å². The van der Waals surface area contributed by atoms with Crippen molar-refractivity contribution < 1.29 is 0 Å². The molecule has 0 nitrogen and oxygen atoms in total. The Morgan fingerprint density at radius 3 is 2.27 bits per heavy atom. The Balaban J connectivity index is 3.22. The average molecular weight is 198 g/mol. The average Bonchev–Trinajstić information content (AvgIpc) is 2.26. The maximum atomic E-state index is 3.82. The number of aryl methyl sites for hydroxylation is 1. The lowest BCUT2D eigenvalue weighted by Gasteiger charge is -2.06. The van der Waals surface area contributed by atoms with Gasteiger partial charge in [-0.15, -0.1) is 0 Å². The summed E-state index contributed by atoms with van der Waals surface area (Å²) in [5.41, 5.74) is 4.98. The van der Waals surface area contributed by atoms with Crippen molar-refractivity contribution in [3.05, 3.63) is 65.8 Å². The van der Waals surface area contributed by atoms with Crippen LogP contribution in [0.3, 0.4) is 0 Å². The summed E-state index contributed by atoms with van der Waals surface area (Å²) in [5, 5.41) is 0. The van der Waals surface area contributed by atoms with E-state index in [0.717, 1.165) is 0 Å². The molecule has 0 aromatic heterocycles. The highest BCUT2D eigenvalue weighted by Crippen LogP contribution is 2.21. The van der Waals surface area contributed by atoms with Crippen molar-refractivity contribution in [1.82, 2.24) is 0 Å². The molecule has 0 aliphatic heterocycles. The van der Waals surface area contributed by atoms with Gasteiger partial charge in [0.2, 0.25) is 0 Å². The van der Waals surface area contributed by atoms with Gasteiger partial charge in [-0.3, -0.25) is 0 Å². The molecule has 0 saturated heterocycles. The third kappa shape index (κ3) is 2.95. The monoisotopic (exact) mass is 198 g/mol. The SMILES string of the molecule is C=C/C(C)=C(\C=C/C)c1ccc(C)cc1. The van der Waals surface area contributed by atoms with Crippen LogP contribution in [-0.4, -0.2) is 0 Å². The maximum absolute atomic E-state index is 3.82. The predicted octanol–water partition coefficient (Wildman–Crippen LogP) is 4.53. The Morgan fingerprint density at radius 2 is 1.80 bits per heavy atom. The molecule has 0 amide bonds. The van der Waals surface area contributed by atoms with Crippen LogP contribution in [0, 0.1) is 6.92 Å². The zero-order chi connectivity index (χ0) is 11.3. The summed E-state index contributed by atoms with van der Waals surface area (Å²) < 4.78 is 0. The molecule has 1 rings (SSSR count). The number of benzene rings is 1. The van der Waals surface area contributed by atoms with Crippen LogP contribution in [0.25, 0.3) is 5.57 Å². The Labute approximate surface area is 92.6 Å². The zero-order valence-electron chi connectivity index (χ0n) is 9.75. The van der Waals surface area contributed by atoms with Gasteiger partial charge in [-0.1, -0.05) is 54.6 Å². The minimum atomic E-state index is 1.21. The predicted molar refractivity (Wildman–Crippen MR) is 68.8 cm³/mol. The Bertz CT molecular complexity index is 389. The van der Waals surface area contributed by atoms with Crippen LogP contribution < -0.4 is 0 Å². The molecule has 1 aromatic rings. The summed E-state index contributed by atoms with van der Waals surface area (Å²) in [6, 6.07) is 8.57. The molecular formula is C15H18. The lowest BCUT2D eigenvalue weighted by molar-refractivity contribution is 1.44. The van der Waals surface area contributed by atoms with Crippen LogP contribution in [0.5, 0.6) is 0 Å². The molecular weight excluding hydrogens is 180 g/mol. The van der Waals surface area contributed by atoms with Gasteiger partial charge in [0, 0.05) is 0 Å². The fourth-order valence-electron chi connectivity index (χ4n) is 1.47. The van der Waals surface area contributed by atoms with Crippen molar-refractivity contribution in [2.75, 3.05) is 0 Å². The van der Waals surface area contributed by atoms with E-state index in [1.165, 1.54) is 22.3 Å². The van der Waals surface area contributed by atoms with Gasteiger partial charge in [0.15, 0.2) is 0 Å². The molecule has 0 heteroatoms. The highest BCUT2D eigenvalue weighted by molar-refractivity contribution is 5.77. The number of hydrogen-bond acceptors (Lipinski definition) is 0. The Kier molecular flexibility index (Phi) is 4.11. The summed E-state index contributed by atoms with van der Waals surface area (Å²) >= 11 is 0. The normalized spacial score (nSPS) is 12.7. The molecule has 0 fully saturated rings. The number of rotatable bonds is 3. The van der Waals surface area contributed by atoms with Crippen molar-refractivity contribution >= 4 is 5.57 Å². The van der Waals surface area contributed by atoms with E-state index in [0.29, 0.717) is 0 Å². The fourth-order valence-corrected chi connectivity index (χ4v) is 1.47. The summed E-state index contributed by atoms with van der Waals surface area (Å²) in [6.45, 7) is 10.0. The summed E-state index contributed by atoms with van der Waals surface area (Å²) in [6.07, 6.45) is 6.08. The second-order valence-electron chi connectivity index (χ2n) is 3.67. The standard InChI is InChI=1S/C15H18/c1-5-7-15(13(4)6-2)14-10-8-12(3)9-11-14/h5-11H,2H2,1,3-4H3/b7-5-,15-13+. The van der Waals surface area contributed by atoms with Gasteiger partial charge in [-0.05, 0) is 37.5 Å². The van der Waals surface area contributed by atoms with Gasteiger partial charge < -0.3 is 0 Å². The molecule has 78 valence electrons. The van der Waals surface area contributed by atoms with Crippen LogP contribution in [0.2, 0.25) is 0 Å². The van der Waals surface area contributed by atoms with Crippen molar-refractivity contribution in [2.24, 2.45) is 0 Å². The summed E-state index contributed by atoms with van der Waals surface area (Å²) in [7, 11) is 0. The molecule has 0 aliphatic rings. The molecule has 0 bridgehead atoms. The van der Waals surface area contributed by atoms with Gasteiger partial charge in [-0.2, -0.15) is 0 Å². The second kappa shape index (κ2) is 5.35. The molecule has 0 atom stereocenters. The van der Waals surface area contributed by atoms with Gasteiger partial charge in [0.25, 0.3) is 0 Å². The van der Waals surface area contributed by atoms with Crippen LogP contribution in [0.4, 0.5) is 0 Å². The van der Waals surface area contributed by atoms with E-state index in [-0.39, 0.29) is 0 Å². The van der Waals surface area contributed by atoms with Crippen molar-refractivity contribution in [1.29, 1.82) is 0 Å². The minimum Gasteiger partial charge on any atom is -0.0988 e. The van der Waals surface area contributed by atoms with E-state index in [1.54, 1.807) is 0 Å². The van der Waals surface area contributed by atoms with Crippen LogP contribution in [-0.2, 0) is 0 Å². The number of hydrogen-bond donors (Lipinski definition) is 0. The van der Waals surface area contributed by atoms with Gasteiger partial charge in [0.05, 0.1) is 0 Å². The van der Waals surface area contributed by atoms with Crippen LogP contribution >= 0.6 is 0 Å². The van der Waals surface area contributed by atoms with E-state index in [2.05, 4.69) is 56.8 Å². The molecule has 0 aliphatic carbocycles. The quantitative estimate of drug-likeness (QED) is 0.626. The topological polar surface area (TPSA) is 0 Å². The first kappa shape index (κ1) is 11.5.